The third-order valence-corrected chi connectivity index (χ3v) is 3.60. The summed E-state index contributed by atoms with van der Waals surface area (Å²) in [5, 5.41) is 3.13. The van der Waals surface area contributed by atoms with E-state index in [4.69, 9.17) is 9.47 Å². The lowest BCUT2D eigenvalue weighted by Crippen LogP contribution is -2.06. The van der Waals surface area contributed by atoms with Gasteiger partial charge < -0.3 is 14.8 Å². The fourth-order valence-corrected chi connectivity index (χ4v) is 2.23. The highest BCUT2D eigenvalue weighted by Crippen LogP contribution is 2.24. The fourth-order valence-electron chi connectivity index (χ4n) is 1.85. The molecule has 0 spiro atoms. The number of halogens is 1. The minimum absolute atomic E-state index is 0.428. The Morgan fingerprint density at radius 1 is 1.25 bits per heavy atom. The SMILES string of the molecule is CNCc1cc(OCc2cccnc2OC)ccc1Br. The van der Waals surface area contributed by atoms with E-state index in [1.807, 2.05) is 37.4 Å². The van der Waals surface area contributed by atoms with E-state index in [1.54, 1.807) is 13.3 Å². The first-order valence-corrected chi connectivity index (χ1v) is 7.07. The van der Waals surface area contributed by atoms with Crippen molar-refractivity contribution in [1.29, 1.82) is 0 Å². The average molecular weight is 337 g/mol. The van der Waals surface area contributed by atoms with Crippen LogP contribution < -0.4 is 14.8 Å². The molecule has 1 aromatic heterocycles. The first-order valence-electron chi connectivity index (χ1n) is 6.28. The molecule has 20 heavy (non-hydrogen) atoms. The predicted molar refractivity (Wildman–Crippen MR) is 82.0 cm³/mol. The lowest BCUT2D eigenvalue weighted by molar-refractivity contribution is 0.293. The summed E-state index contributed by atoms with van der Waals surface area (Å²) >= 11 is 3.52. The molecule has 0 aliphatic rings. The van der Waals surface area contributed by atoms with Crippen molar-refractivity contribution in [3.8, 4) is 11.6 Å². The molecule has 0 saturated heterocycles. The summed E-state index contributed by atoms with van der Waals surface area (Å²) in [5.41, 5.74) is 2.08. The maximum absolute atomic E-state index is 5.81. The Labute approximate surface area is 127 Å². The van der Waals surface area contributed by atoms with Gasteiger partial charge in [0.05, 0.1) is 12.7 Å². The van der Waals surface area contributed by atoms with Gasteiger partial charge in [-0.15, -0.1) is 0 Å². The molecule has 2 rings (SSSR count). The van der Waals surface area contributed by atoms with E-state index in [0.717, 1.165) is 27.9 Å². The highest BCUT2D eigenvalue weighted by atomic mass is 79.9. The standard InChI is InChI=1S/C15H17BrN2O2/c1-17-9-12-8-13(5-6-14(12)16)20-10-11-4-3-7-18-15(11)19-2/h3-8,17H,9-10H2,1-2H3. The van der Waals surface area contributed by atoms with Crippen molar-refractivity contribution in [2.45, 2.75) is 13.2 Å². The van der Waals surface area contributed by atoms with Crippen LogP contribution in [0.4, 0.5) is 0 Å². The summed E-state index contributed by atoms with van der Waals surface area (Å²) in [6.07, 6.45) is 1.70. The maximum atomic E-state index is 5.81. The van der Waals surface area contributed by atoms with Gasteiger partial charge in [0.15, 0.2) is 0 Å². The first-order chi connectivity index (χ1) is 9.74. The van der Waals surface area contributed by atoms with Gasteiger partial charge >= 0.3 is 0 Å². The third-order valence-electron chi connectivity index (χ3n) is 2.82. The molecule has 0 bridgehead atoms. The Balaban J connectivity index is 2.09. The molecule has 0 fully saturated rings. The van der Waals surface area contributed by atoms with Crippen LogP contribution in [0.2, 0.25) is 0 Å². The number of nitrogens with zero attached hydrogens (tertiary/aromatic N) is 1. The molecular weight excluding hydrogens is 320 g/mol. The van der Waals surface area contributed by atoms with Crippen molar-refractivity contribution < 1.29 is 9.47 Å². The average Bonchev–Trinajstić information content (AvgIpc) is 2.48. The number of pyridine rings is 1. The van der Waals surface area contributed by atoms with E-state index < -0.39 is 0 Å². The van der Waals surface area contributed by atoms with Crippen molar-refractivity contribution in [1.82, 2.24) is 10.3 Å². The molecule has 0 saturated carbocycles. The van der Waals surface area contributed by atoms with Gasteiger partial charge in [0.1, 0.15) is 12.4 Å². The summed E-state index contributed by atoms with van der Waals surface area (Å²) in [6, 6.07) is 9.76. The zero-order valence-corrected chi connectivity index (χ0v) is 13.1. The molecule has 0 atom stereocenters. The number of nitrogens with one attached hydrogen (secondary N) is 1. The minimum Gasteiger partial charge on any atom is -0.489 e. The number of methoxy groups -OCH3 is 1. The normalized spacial score (nSPS) is 10.3. The van der Waals surface area contributed by atoms with Gasteiger partial charge in [0.25, 0.3) is 0 Å². The van der Waals surface area contributed by atoms with Crippen molar-refractivity contribution >= 4 is 15.9 Å². The highest BCUT2D eigenvalue weighted by molar-refractivity contribution is 9.10. The topological polar surface area (TPSA) is 43.4 Å². The Morgan fingerprint density at radius 2 is 2.10 bits per heavy atom. The number of benzene rings is 1. The summed E-state index contributed by atoms with van der Waals surface area (Å²) in [6.45, 7) is 1.21. The van der Waals surface area contributed by atoms with Crippen molar-refractivity contribution in [3.05, 3.63) is 52.1 Å². The van der Waals surface area contributed by atoms with E-state index in [-0.39, 0.29) is 0 Å². The Kier molecular flexibility index (Phi) is 5.38. The molecule has 4 nitrogen and oxygen atoms in total. The van der Waals surface area contributed by atoms with E-state index in [2.05, 4.69) is 26.2 Å². The summed E-state index contributed by atoms with van der Waals surface area (Å²) in [7, 11) is 3.52. The zero-order valence-electron chi connectivity index (χ0n) is 11.5. The molecule has 0 unspecified atom stereocenters. The summed E-state index contributed by atoms with van der Waals surface area (Å²) < 4.78 is 12.1. The van der Waals surface area contributed by atoms with Crippen LogP contribution in [-0.4, -0.2) is 19.1 Å². The number of hydrogen-bond acceptors (Lipinski definition) is 4. The molecule has 1 aromatic carbocycles. The lowest BCUT2D eigenvalue weighted by atomic mass is 10.2. The van der Waals surface area contributed by atoms with Gasteiger partial charge in [-0.2, -0.15) is 0 Å². The van der Waals surface area contributed by atoms with Crippen molar-refractivity contribution in [2.24, 2.45) is 0 Å². The van der Waals surface area contributed by atoms with Crippen LogP contribution in [0.15, 0.2) is 41.0 Å². The van der Waals surface area contributed by atoms with Crippen LogP contribution in [0.5, 0.6) is 11.6 Å². The van der Waals surface area contributed by atoms with Crippen molar-refractivity contribution in [3.63, 3.8) is 0 Å². The molecular formula is C15H17BrN2O2. The Hall–Kier alpha value is -1.59. The smallest absolute Gasteiger partial charge is 0.219 e. The maximum Gasteiger partial charge on any atom is 0.219 e. The van der Waals surface area contributed by atoms with Gasteiger partial charge in [-0.25, -0.2) is 4.98 Å². The largest absolute Gasteiger partial charge is 0.489 e. The molecule has 0 aliphatic heterocycles. The van der Waals surface area contributed by atoms with Gasteiger partial charge in [-0.05, 0) is 42.9 Å². The molecule has 0 aliphatic carbocycles. The van der Waals surface area contributed by atoms with E-state index in [1.165, 1.54) is 0 Å². The molecule has 2 aromatic rings. The van der Waals surface area contributed by atoms with Crippen molar-refractivity contribution in [2.75, 3.05) is 14.2 Å². The monoisotopic (exact) mass is 336 g/mol. The van der Waals surface area contributed by atoms with Gasteiger partial charge in [-0.3, -0.25) is 0 Å². The second-order valence-electron chi connectivity index (χ2n) is 4.24. The van der Waals surface area contributed by atoms with E-state index >= 15 is 0 Å². The summed E-state index contributed by atoms with van der Waals surface area (Å²) in [5.74, 6) is 1.42. The zero-order chi connectivity index (χ0) is 14.4. The van der Waals surface area contributed by atoms with Crippen LogP contribution in [0.1, 0.15) is 11.1 Å². The highest BCUT2D eigenvalue weighted by Gasteiger charge is 2.06. The second kappa shape index (κ2) is 7.26. The molecule has 0 radical (unpaired) electrons. The number of aromatic nitrogens is 1. The molecule has 106 valence electrons. The minimum atomic E-state index is 0.428. The molecule has 0 amide bonds. The van der Waals surface area contributed by atoms with Crippen LogP contribution >= 0.6 is 15.9 Å². The Morgan fingerprint density at radius 3 is 2.85 bits per heavy atom. The van der Waals surface area contributed by atoms with E-state index in [9.17, 15) is 0 Å². The van der Waals surface area contributed by atoms with Gasteiger partial charge in [0, 0.05) is 17.2 Å². The van der Waals surface area contributed by atoms with Gasteiger partial charge in [0.2, 0.25) is 5.88 Å². The van der Waals surface area contributed by atoms with Crippen LogP contribution in [-0.2, 0) is 13.2 Å². The number of hydrogen-bond donors (Lipinski definition) is 1. The van der Waals surface area contributed by atoms with Crippen LogP contribution in [0, 0.1) is 0 Å². The fraction of sp³-hybridized carbons (Fsp3) is 0.267. The predicted octanol–water partition coefficient (Wildman–Crippen LogP) is 3.15. The molecule has 1 N–H and O–H groups in total. The van der Waals surface area contributed by atoms with Crippen LogP contribution in [0.25, 0.3) is 0 Å². The molecule has 1 heterocycles. The third kappa shape index (κ3) is 3.71. The van der Waals surface area contributed by atoms with Gasteiger partial charge in [-0.1, -0.05) is 15.9 Å². The lowest BCUT2D eigenvalue weighted by Gasteiger charge is -2.11. The number of rotatable bonds is 6. The second-order valence-corrected chi connectivity index (χ2v) is 5.10. The van der Waals surface area contributed by atoms with Crippen LogP contribution in [0.3, 0.4) is 0 Å². The quantitative estimate of drug-likeness (QED) is 0.879. The number of ether oxygens (including phenoxy) is 2. The van der Waals surface area contributed by atoms with E-state index in [0.29, 0.717) is 12.5 Å². The Bertz CT molecular complexity index is 576. The molecule has 5 heteroatoms. The summed E-state index contributed by atoms with van der Waals surface area (Å²) in [4.78, 5) is 4.15. The first kappa shape index (κ1) is 14.8.